The standard InChI is InChI=1S/C11H20N4O/c1-8(12)7-10-13-11(16-14-10)9-5-3-4-6-15(9)2/h8-9H,3-7,12H2,1-2H3. The van der Waals surface area contributed by atoms with Crippen molar-refractivity contribution in [3.8, 4) is 0 Å². The molecule has 2 N–H and O–H groups in total. The van der Waals surface area contributed by atoms with Crippen LogP contribution in [0.1, 0.15) is 43.9 Å². The molecule has 0 radical (unpaired) electrons. The Labute approximate surface area is 96.0 Å². The Balaban J connectivity index is 2.05. The van der Waals surface area contributed by atoms with Gasteiger partial charge in [0.2, 0.25) is 5.89 Å². The summed E-state index contributed by atoms with van der Waals surface area (Å²) in [5, 5.41) is 3.97. The number of likely N-dealkylation sites (tertiary alicyclic amines) is 1. The summed E-state index contributed by atoms with van der Waals surface area (Å²) in [6.45, 7) is 3.05. The first-order valence-electron chi connectivity index (χ1n) is 5.95. The molecule has 2 unspecified atom stereocenters. The van der Waals surface area contributed by atoms with E-state index in [0.717, 1.165) is 24.7 Å². The third-order valence-electron chi connectivity index (χ3n) is 3.04. The smallest absolute Gasteiger partial charge is 0.243 e. The Kier molecular flexibility index (Phi) is 3.56. The second-order valence-electron chi connectivity index (χ2n) is 4.72. The number of nitrogens with two attached hydrogens (primary N) is 1. The second kappa shape index (κ2) is 4.93. The van der Waals surface area contributed by atoms with Crippen molar-refractivity contribution in [1.82, 2.24) is 15.0 Å². The number of aromatic nitrogens is 2. The third-order valence-corrected chi connectivity index (χ3v) is 3.04. The first kappa shape index (κ1) is 11.5. The Morgan fingerprint density at radius 2 is 2.38 bits per heavy atom. The first-order valence-corrected chi connectivity index (χ1v) is 5.95. The van der Waals surface area contributed by atoms with Gasteiger partial charge in [-0.2, -0.15) is 4.98 Å². The van der Waals surface area contributed by atoms with Gasteiger partial charge >= 0.3 is 0 Å². The van der Waals surface area contributed by atoms with Gasteiger partial charge in [0.05, 0.1) is 6.04 Å². The number of nitrogens with zero attached hydrogens (tertiary/aromatic N) is 3. The van der Waals surface area contributed by atoms with E-state index in [1.807, 2.05) is 6.92 Å². The van der Waals surface area contributed by atoms with Crippen molar-refractivity contribution in [3.63, 3.8) is 0 Å². The minimum atomic E-state index is 0.0783. The molecule has 1 aliphatic heterocycles. The van der Waals surface area contributed by atoms with Crippen LogP contribution in [0.3, 0.4) is 0 Å². The maximum absolute atomic E-state index is 5.71. The van der Waals surface area contributed by atoms with Crippen LogP contribution >= 0.6 is 0 Å². The van der Waals surface area contributed by atoms with Gasteiger partial charge in [-0.15, -0.1) is 0 Å². The monoisotopic (exact) mass is 224 g/mol. The zero-order valence-electron chi connectivity index (χ0n) is 10.0. The maximum atomic E-state index is 5.71. The minimum Gasteiger partial charge on any atom is -0.338 e. The van der Waals surface area contributed by atoms with E-state index in [4.69, 9.17) is 10.3 Å². The quantitative estimate of drug-likeness (QED) is 0.833. The lowest BCUT2D eigenvalue weighted by molar-refractivity contribution is 0.150. The second-order valence-corrected chi connectivity index (χ2v) is 4.72. The van der Waals surface area contributed by atoms with Crippen LogP contribution in [0.4, 0.5) is 0 Å². The highest BCUT2D eigenvalue weighted by Crippen LogP contribution is 2.28. The van der Waals surface area contributed by atoms with Gasteiger partial charge in [0.1, 0.15) is 0 Å². The number of piperidine rings is 1. The molecule has 0 bridgehead atoms. The summed E-state index contributed by atoms with van der Waals surface area (Å²) in [4.78, 5) is 6.71. The van der Waals surface area contributed by atoms with Crippen molar-refractivity contribution >= 4 is 0 Å². The molecule has 0 spiro atoms. The van der Waals surface area contributed by atoms with Gasteiger partial charge in [-0.05, 0) is 33.4 Å². The fourth-order valence-corrected chi connectivity index (χ4v) is 2.16. The topological polar surface area (TPSA) is 68.2 Å². The number of rotatable bonds is 3. The van der Waals surface area contributed by atoms with Crippen molar-refractivity contribution in [1.29, 1.82) is 0 Å². The lowest BCUT2D eigenvalue weighted by atomic mass is 10.0. The molecule has 1 saturated heterocycles. The van der Waals surface area contributed by atoms with Gasteiger partial charge in [0, 0.05) is 12.5 Å². The van der Waals surface area contributed by atoms with E-state index in [-0.39, 0.29) is 6.04 Å². The van der Waals surface area contributed by atoms with Crippen molar-refractivity contribution < 1.29 is 4.52 Å². The van der Waals surface area contributed by atoms with E-state index in [0.29, 0.717) is 12.5 Å². The fourth-order valence-electron chi connectivity index (χ4n) is 2.16. The molecule has 2 heterocycles. The van der Waals surface area contributed by atoms with Crippen LogP contribution in [-0.4, -0.2) is 34.7 Å². The lowest BCUT2D eigenvalue weighted by Crippen LogP contribution is -2.29. The molecule has 5 nitrogen and oxygen atoms in total. The Morgan fingerprint density at radius 3 is 3.06 bits per heavy atom. The van der Waals surface area contributed by atoms with Crippen LogP contribution in [0.15, 0.2) is 4.52 Å². The summed E-state index contributed by atoms with van der Waals surface area (Å²) >= 11 is 0. The first-order chi connectivity index (χ1) is 7.66. The molecule has 90 valence electrons. The molecule has 1 fully saturated rings. The van der Waals surface area contributed by atoms with E-state index in [9.17, 15) is 0 Å². The molecule has 0 aromatic carbocycles. The van der Waals surface area contributed by atoms with Gasteiger partial charge < -0.3 is 10.3 Å². The summed E-state index contributed by atoms with van der Waals surface area (Å²) in [5.74, 6) is 1.47. The summed E-state index contributed by atoms with van der Waals surface area (Å²) < 4.78 is 5.32. The van der Waals surface area contributed by atoms with Crippen LogP contribution in [0.25, 0.3) is 0 Å². The molecule has 0 amide bonds. The van der Waals surface area contributed by atoms with E-state index in [1.54, 1.807) is 0 Å². The highest BCUT2D eigenvalue weighted by molar-refractivity contribution is 4.96. The molecule has 1 aliphatic rings. The van der Waals surface area contributed by atoms with Crippen LogP contribution in [0.5, 0.6) is 0 Å². The van der Waals surface area contributed by atoms with Gasteiger partial charge in [-0.3, -0.25) is 4.90 Å². The lowest BCUT2D eigenvalue weighted by Gasteiger charge is -2.29. The summed E-state index contributed by atoms with van der Waals surface area (Å²) in [6.07, 6.45) is 4.28. The molecule has 0 aliphatic carbocycles. The molecule has 2 rings (SSSR count). The fraction of sp³-hybridized carbons (Fsp3) is 0.818. The summed E-state index contributed by atoms with van der Waals surface area (Å²) in [6, 6.07) is 0.373. The van der Waals surface area contributed by atoms with Crippen LogP contribution in [-0.2, 0) is 6.42 Å². The van der Waals surface area contributed by atoms with Crippen molar-refractivity contribution in [2.24, 2.45) is 5.73 Å². The zero-order valence-corrected chi connectivity index (χ0v) is 10.0. The van der Waals surface area contributed by atoms with E-state index in [2.05, 4.69) is 22.1 Å². The Bertz CT molecular complexity index is 336. The summed E-state index contributed by atoms with van der Waals surface area (Å²) in [5.41, 5.74) is 5.71. The SMILES string of the molecule is CC(N)Cc1noc(C2CCCCN2C)n1. The normalized spacial score (nSPS) is 24.6. The molecule has 1 aromatic heterocycles. The minimum absolute atomic E-state index is 0.0783. The van der Waals surface area contributed by atoms with Gasteiger partial charge in [0.15, 0.2) is 5.82 Å². The van der Waals surface area contributed by atoms with Gasteiger partial charge in [-0.25, -0.2) is 0 Å². The predicted octanol–water partition coefficient (Wildman–Crippen LogP) is 1.12. The van der Waals surface area contributed by atoms with E-state index in [1.165, 1.54) is 12.8 Å². The Morgan fingerprint density at radius 1 is 1.56 bits per heavy atom. The molecule has 2 atom stereocenters. The summed E-state index contributed by atoms with van der Waals surface area (Å²) in [7, 11) is 2.11. The van der Waals surface area contributed by atoms with Crippen molar-refractivity contribution in [2.45, 2.75) is 44.7 Å². The van der Waals surface area contributed by atoms with Crippen LogP contribution in [0.2, 0.25) is 0 Å². The molecular weight excluding hydrogens is 204 g/mol. The number of hydrogen-bond acceptors (Lipinski definition) is 5. The van der Waals surface area contributed by atoms with E-state index < -0.39 is 0 Å². The highest BCUT2D eigenvalue weighted by Gasteiger charge is 2.25. The maximum Gasteiger partial charge on any atom is 0.243 e. The largest absolute Gasteiger partial charge is 0.338 e. The van der Waals surface area contributed by atoms with Gasteiger partial charge in [0.25, 0.3) is 0 Å². The highest BCUT2D eigenvalue weighted by atomic mass is 16.5. The molecule has 1 aromatic rings. The van der Waals surface area contributed by atoms with E-state index >= 15 is 0 Å². The number of hydrogen-bond donors (Lipinski definition) is 1. The Hall–Kier alpha value is -0.940. The van der Waals surface area contributed by atoms with Crippen LogP contribution in [0, 0.1) is 0 Å². The zero-order chi connectivity index (χ0) is 11.5. The average Bonchev–Trinajstić information content (AvgIpc) is 2.66. The molecule has 16 heavy (non-hydrogen) atoms. The molecular formula is C11H20N4O. The third kappa shape index (κ3) is 2.59. The molecule has 5 heteroatoms. The van der Waals surface area contributed by atoms with Gasteiger partial charge in [-0.1, -0.05) is 11.6 Å². The predicted molar refractivity (Wildman–Crippen MR) is 60.9 cm³/mol. The average molecular weight is 224 g/mol. The van der Waals surface area contributed by atoms with Crippen molar-refractivity contribution in [2.75, 3.05) is 13.6 Å². The molecule has 0 saturated carbocycles. The van der Waals surface area contributed by atoms with Crippen molar-refractivity contribution in [3.05, 3.63) is 11.7 Å². The van der Waals surface area contributed by atoms with Crippen LogP contribution < -0.4 is 5.73 Å².